The third-order valence-corrected chi connectivity index (χ3v) is 6.30. The lowest BCUT2D eigenvalue weighted by atomic mass is 10.1. The number of likely N-dealkylation sites (N-methyl/N-ethyl adjacent to an activating group) is 1. The Labute approximate surface area is 198 Å². The van der Waals surface area contributed by atoms with Gasteiger partial charge in [-0.15, -0.1) is 0 Å². The number of rotatable bonds is 4. The van der Waals surface area contributed by atoms with Gasteiger partial charge >= 0.3 is 0 Å². The lowest BCUT2D eigenvalue weighted by molar-refractivity contribution is -0.127. The van der Waals surface area contributed by atoms with Gasteiger partial charge in [0.25, 0.3) is 11.8 Å². The van der Waals surface area contributed by atoms with Crippen LogP contribution in [0.1, 0.15) is 22.5 Å². The number of carbonyl (C=O) groups excluding carboxylic acids is 2. The molecular formula is C26H25N3O3S. The first-order chi connectivity index (χ1) is 15.7. The Hall–Kier alpha value is -3.71. The van der Waals surface area contributed by atoms with Gasteiger partial charge in [-0.05, 0) is 87.1 Å². The van der Waals surface area contributed by atoms with E-state index in [1.54, 1.807) is 20.2 Å². The van der Waals surface area contributed by atoms with Crippen LogP contribution in [0.2, 0.25) is 0 Å². The van der Waals surface area contributed by atoms with Crippen molar-refractivity contribution in [3.05, 3.63) is 82.7 Å². The second kappa shape index (κ2) is 8.67. The molecule has 33 heavy (non-hydrogen) atoms. The van der Waals surface area contributed by atoms with E-state index in [1.807, 2.05) is 75.4 Å². The maximum atomic E-state index is 13.4. The smallest absolute Gasteiger partial charge is 0.270 e. The van der Waals surface area contributed by atoms with Gasteiger partial charge in [-0.2, -0.15) is 0 Å². The van der Waals surface area contributed by atoms with Crippen LogP contribution in [0.3, 0.4) is 0 Å². The van der Waals surface area contributed by atoms with E-state index < -0.39 is 11.8 Å². The van der Waals surface area contributed by atoms with E-state index in [0.717, 1.165) is 34.0 Å². The van der Waals surface area contributed by atoms with Crippen molar-refractivity contribution in [1.82, 2.24) is 9.47 Å². The summed E-state index contributed by atoms with van der Waals surface area (Å²) in [5.74, 6) is -0.0685. The van der Waals surface area contributed by atoms with Crippen molar-refractivity contribution in [3.8, 4) is 11.4 Å². The van der Waals surface area contributed by atoms with Crippen LogP contribution in [0, 0.1) is 20.8 Å². The van der Waals surface area contributed by atoms with Gasteiger partial charge in [-0.25, -0.2) is 0 Å². The van der Waals surface area contributed by atoms with E-state index in [0.29, 0.717) is 5.69 Å². The Morgan fingerprint density at radius 1 is 0.879 bits per heavy atom. The molecule has 1 aromatic heterocycles. The number of benzene rings is 2. The van der Waals surface area contributed by atoms with Crippen molar-refractivity contribution in [2.24, 2.45) is 0 Å². The largest absolute Gasteiger partial charge is 0.497 e. The monoisotopic (exact) mass is 459 g/mol. The van der Waals surface area contributed by atoms with Gasteiger partial charge in [-0.1, -0.05) is 17.7 Å². The third-order valence-electron chi connectivity index (χ3n) is 5.84. The zero-order valence-electron chi connectivity index (χ0n) is 19.2. The molecule has 0 bridgehead atoms. The highest BCUT2D eigenvalue weighted by molar-refractivity contribution is 7.80. The molecule has 0 unspecified atom stereocenters. The molecule has 1 aliphatic rings. The summed E-state index contributed by atoms with van der Waals surface area (Å²) in [6.45, 7) is 5.93. The fraction of sp³-hybridized carbons (Fsp3) is 0.192. The minimum atomic E-state index is -0.429. The molecule has 2 aromatic carbocycles. The van der Waals surface area contributed by atoms with Gasteiger partial charge in [0.1, 0.15) is 11.3 Å². The number of amides is 2. The molecule has 168 valence electrons. The first kappa shape index (κ1) is 22.5. The number of aromatic nitrogens is 1. The molecule has 2 amide bonds. The highest BCUT2D eigenvalue weighted by Gasteiger charge is 2.38. The lowest BCUT2D eigenvalue weighted by Crippen LogP contribution is -2.54. The summed E-state index contributed by atoms with van der Waals surface area (Å²) in [6, 6.07) is 17.2. The first-order valence-corrected chi connectivity index (χ1v) is 10.9. The van der Waals surface area contributed by atoms with Crippen molar-refractivity contribution in [2.45, 2.75) is 20.8 Å². The molecule has 2 heterocycles. The maximum Gasteiger partial charge on any atom is 0.270 e. The van der Waals surface area contributed by atoms with Crippen LogP contribution in [0.15, 0.2) is 60.2 Å². The Kier molecular flexibility index (Phi) is 5.91. The minimum Gasteiger partial charge on any atom is -0.497 e. The number of carbonyl (C=O) groups is 2. The van der Waals surface area contributed by atoms with Crippen molar-refractivity contribution in [1.29, 1.82) is 0 Å². The van der Waals surface area contributed by atoms with E-state index in [1.165, 1.54) is 9.80 Å². The molecule has 0 saturated carbocycles. The van der Waals surface area contributed by atoms with E-state index in [9.17, 15) is 9.59 Å². The van der Waals surface area contributed by atoms with Gasteiger partial charge in [-0.3, -0.25) is 19.4 Å². The molecule has 0 atom stereocenters. The van der Waals surface area contributed by atoms with E-state index in [-0.39, 0.29) is 10.7 Å². The van der Waals surface area contributed by atoms with Gasteiger partial charge in [0.2, 0.25) is 0 Å². The molecule has 3 aromatic rings. The van der Waals surface area contributed by atoms with Crippen LogP contribution in [0.4, 0.5) is 5.69 Å². The topological polar surface area (TPSA) is 54.8 Å². The summed E-state index contributed by atoms with van der Waals surface area (Å²) in [6.07, 6.45) is 1.66. The van der Waals surface area contributed by atoms with E-state index in [2.05, 4.69) is 4.57 Å². The highest BCUT2D eigenvalue weighted by atomic mass is 32.1. The van der Waals surface area contributed by atoms with Gasteiger partial charge in [0.05, 0.1) is 12.8 Å². The molecule has 4 rings (SSSR count). The van der Waals surface area contributed by atoms with Crippen LogP contribution in [0.5, 0.6) is 5.75 Å². The Balaban J connectivity index is 1.77. The van der Waals surface area contributed by atoms with Crippen LogP contribution in [-0.4, -0.2) is 40.6 Å². The zero-order valence-corrected chi connectivity index (χ0v) is 20.1. The van der Waals surface area contributed by atoms with Crippen LogP contribution < -0.4 is 9.64 Å². The van der Waals surface area contributed by atoms with Crippen LogP contribution in [0.25, 0.3) is 11.8 Å². The number of aryl methyl sites for hydroxylation is 2. The average molecular weight is 460 g/mol. The normalized spacial score (nSPS) is 15.5. The average Bonchev–Trinajstić information content (AvgIpc) is 3.09. The summed E-state index contributed by atoms with van der Waals surface area (Å²) in [4.78, 5) is 29.2. The van der Waals surface area contributed by atoms with Crippen LogP contribution >= 0.6 is 12.2 Å². The van der Waals surface area contributed by atoms with Crippen molar-refractivity contribution in [2.75, 3.05) is 19.1 Å². The Morgan fingerprint density at radius 3 is 2.09 bits per heavy atom. The maximum absolute atomic E-state index is 13.4. The number of nitrogens with zero attached hydrogens (tertiary/aromatic N) is 3. The van der Waals surface area contributed by atoms with E-state index in [4.69, 9.17) is 17.0 Å². The van der Waals surface area contributed by atoms with Gasteiger partial charge in [0.15, 0.2) is 5.11 Å². The van der Waals surface area contributed by atoms with E-state index >= 15 is 0 Å². The molecule has 1 saturated heterocycles. The highest BCUT2D eigenvalue weighted by Crippen LogP contribution is 2.28. The zero-order chi connectivity index (χ0) is 23.9. The number of anilines is 1. The summed E-state index contributed by atoms with van der Waals surface area (Å²) < 4.78 is 7.33. The molecule has 0 aliphatic carbocycles. The summed E-state index contributed by atoms with van der Waals surface area (Å²) in [5, 5.41) is 0.162. The first-order valence-electron chi connectivity index (χ1n) is 10.5. The van der Waals surface area contributed by atoms with Crippen LogP contribution in [-0.2, 0) is 9.59 Å². The molecule has 1 aliphatic heterocycles. The Morgan fingerprint density at radius 2 is 1.48 bits per heavy atom. The SMILES string of the molecule is COc1ccc(-n2c(C)cc(C=C3C(=O)N(C)C(=S)N(c4ccc(C)cc4)C3=O)c2C)cc1. The van der Waals surface area contributed by atoms with Gasteiger partial charge in [0, 0.05) is 24.1 Å². The summed E-state index contributed by atoms with van der Waals surface area (Å²) in [5.41, 5.74) is 5.44. The molecular weight excluding hydrogens is 434 g/mol. The number of hydrogen-bond acceptors (Lipinski definition) is 4. The fourth-order valence-corrected chi connectivity index (χ4v) is 4.25. The molecule has 6 nitrogen and oxygen atoms in total. The number of methoxy groups -OCH3 is 1. The third kappa shape index (κ3) is 3.96. The second-order valence-corrected chi connectivity index (χ2v) is 8.41. The summed E-state index contributed by atoms with van der Waals surface area (Å²) in [7, 11) is 3.22. The quantitative estimate of drug-likeness (QED) is 0.325. The van der Waals surface area contributed by atoms with Crippen molar-refractivity contribution < 1.29 is 14.3 Å². The fourth-order valence-electron chi connectivity index (χ4n) is 3.98. The number of ether oxygens (including phenoxy) is 1. The van der Waals surface area contributed by atoms with Gasteiger partial charge < -0.3 is 9.30 Å². The molecule has 0 radical (unpaired) electrons. The Bertz CT molecular complexity index is 1290. The lowest BCUT2D eigenvalue weighted by Gasteiger charge is -2.34. The molecule has 0 N–H and O–H groups in total. The number of hydrogen-bond donors (Lipinski definition) is 0. The molecule has 7 heteroatoms. The molecule has 1 fully saturated rings. The predicted molar refractivity (Wildman–Crippen MR) is 134 cm³/mol. The van der Waals surface area contributed by atoms with Crippen molar-refractivity contribution >= 4 is 40.9 Å². The summed E-state index contributed by atoms with van der Waals surface area (Å²) >= 11 is 5.44. The standard InChI is InChI=1S/C26H25N3O3S/c1-16-6-8-21(9-7-16)29-25(31)23(24(30)27(4)26(29)33)15-19-14-17(2)28(18(19)3)20-10-12-22(32-5)13-11-20/h6-15H,1-5H3. The minimum absolute atomic E-state index is 0.0710. The van der Waals surface area contributed by atoms with Crippen molar-refractivity contribution in [3.63, 3.8) is 0 Å². The molecule has 0 spiro atoms. The predicted octanol–water partition coefficient (Wildman–Crippen LogP) is 4.58. The number of thiocarbonyl (C=S) groups is 1. The second-order valence-electron chi connectivity index (χ2n) is 8.04.